The van der Waals surface area contributed by atoms with E-state index in [1.54, 1.807) is 0 Å². The van der Waals surface area contributed by atoms with Crippen molar-refractivity contribution in [2.24, 2.45) is 11.7 Å². The molecular formula is C8H15NO. The van der Waals surface area contributed by atoms with Gasteiger partial charge in [-0.3, -0.25) is 0 Å². The number of allylic oxidation sites excluding steroid dienone is 2. The van der Waals surface area contributed by atoms with Crippen LogP contribution >= 0.6 is 0 Å². The standard InChI is InChI=1S/C8H15NO/c9-8(5-6-10)7-3-1-2-4-7/h1-2,7-8,10H,3-6,9H2. The van der Waals surface area contributed by atoms with Gasteiger partial charge in [-0.2, -0.15) is 0 Å². The Morgan fingerprint density at radius 2 is 2.10 bits per heavy atom. The van der Waals surface area contributed by atoms with Crippen LogP contribution in [0.5, 0.6) is 0 Å². The molecular weight excluding hydrogens is 126 g/mol. The molecule has 0 bridgehead atoms. The maximum Gasteiger partial charge on any atom is 0.0445 e. The lowest BCUT2D eigenvalue weighted by atomic mass is 9.96. The Morgan fingerprint density at radius 1 is 1.50 bits per heavy atom. The predicted molar refractivity (Wildman–Crippen MR) is 41.5 cm³/mol. The number of rotatable bonds is 3. The number of aliphatic hydroxyl groups is 1. The van der Waals surface area contributed by atoms with Crippen molar-refractivity contribution in [3.63, 3.8) is 0 Å². The molecule has 0 aromatic heterocycles. The Bertz CT molecular complexity index is 114. The minimum Gasteiger partial charge on any atom is -0.396 e. The Balaban J connectivity index is 2.21. The molecule has 1 unspecified atom stereocenters. The fourth-order valence-corrected chi connectivity index (χ4v) is 1.37. The summed E-state index contributed by atoms with van der Waals surface area (Å²) >= 11 is 0. The highest BCUT2D eigenvalue weighted by Gasteiger charge is 2.17. The summed E-state index contributed by atoms with van der Waals surface area (Å²) in [4.78, 5) is 0. The highest BCUT2D eigenvalue weighted by molar-refractivity contribution is 4.97. The monoisotopic (exact) mass is 141 g/mol. The van der Waals surface area contributed by atoms with E-state index in [-0.39, 0.29) is 12.6 Å². The number of nitrogens with two attached hydrogens (primary N) is 1. The highest BCUT2D eigenvalue weighted by Crippen LogP contribution is 2.21. The van der Waals surface area contributed by atoms with Gasteiger partial charge in [-0.25, -0.2) is 0 Å². The maximum absolute atomic E-state index is 8.60. The van der Waals surface area contributed by atoms with Crippen LogP contribution in [0.2, 0.25) is 0 Å². The van der Waals surface area contributed by atoms with Gasteiger partial charge in [0, 0.05) is 12.6 Å². The summed E-state index contributed by atoms with van der Waals surface area (Å²) in [6.07, 6.45) is 7.28. The van der Waals surface area contributed by atoms with E-state index in [2.05, 4.69) is 12.2 Å². The zero-order valence-corrected chi connectivity index (χ0v) is 6.16. The summed E-state index contributed by atoms with van der Waals surface area (Å²) in [7, 11) is 0. The van der Waals surface area contributed by atoms with Crippen LogP contribution in [0.15, 0.2) is 12.2 Å². The first-order valence-corrected chi connectivity index (χ1v) is 3.86. The van der Waals surface area contributed by atoms with Gasteiger partial charge in [0.25, 0.3) is 0 Å². The van der Waals surface area contributed by atoms with Gasteiger partial charge in [0.05, 0.1) is 0 Å². The van der Waals surface area contributed by atoms with Crippen LogP contribution in [0.25, 0.3) is 0 Å². The van der Waals surface area contributed by atoms with Crippen LogP contribution < -0.4 is 5.73 Å². The molecule has 0 saturated heterocycles. The maximum atomic E-state index is 8.60. The lowest BCUT2D eigenvalue weighted by Gasteiger charge is -2.16. The van der Waals surface area contributed by atoms with Gasteiger partial charge in [-0.05, 0) is 25.2 Å². The largest absolute Gasteiger partial charge is 0.396 e. The average molecular weight is 141 g/mol. The van der Waals surface area contributed by atoms with Crippen LogP contribution in [-0.4, -0.2) is 17.8 Å². The summed E-state index contributed by atoms with van der Waals surface area (Å²) in [6, 6.07) is 0.194. The van der Waals surface area contributed by atoms with E-state index >= 15 is 0 Å². The van der Waals surface area contributed by atoms with E-state index in [9.17, 15) is 0 Å². The Labute approximate surface area is 61.7 Å². The van der Waals surface area contributed by atoms with Gasteiger partial charge < -0.3 is 10.8 Å². The average Bonchev–Trinajstić information content (AvgIpc) is 2.38. The fraction of sp³-hybridized carbons (Fsp3) is 0.750. The Morgan fingerprint density at radius 3 is 2.60 bits per heavy atom. The third-order valence-electron chi connectivity index (χ3n) is 2.11. The molecule has 0 amide bonds. The minimum absolute atomic E-state index is 0.194. The fourth-order valence-electron chi connectivity index (χ4n) is 1.37. The Hall–Kier alpha value is -0.340. The van der Waals surface area contributed by atoms with Crippen LogP contribution in [0, 0.1) is 5.92 Å². The quantitative estimate of drug-likeness (QED) is 0.567. The van der Waals surface area contributed by atoms with Gasteiger partial charge >= 0.3 is 0 Å². The first-order chi connectivity index (χ1) is 4.84. The molecule has 0 aromatic rings. The van der Waals surface area contributed by atoms with Gasteiger partial charge in [-0.1, -0.05) is 12.2 Å². The summed E-state index contributed by atoms with van der Waals surface area (Å²) in [5.41, 5.74) is 5.79. The second-order valence-electron chi connectivity index (χ2n) is 2.88. The molecule has 2 heteroatoms. The second kappa shape index (κ2) is 3.74. The van der Waals surface area contributed by atoms with E-state index in [0.29, 0.717) is 5.92 Å². The summed E-state index contributed by atoms with van der Waals surface area (Å²) in [5.74, 6) is 0.590. The number of hydrogen-bond acceptors (Lipinski definition) is 2. The van der Waals surface area contributed by atoms with Crippen LogP contribution in [0.1, 0.15) is 19.3 Å². The summed E-state index contributed by atoms with van der Waals surface area (Å²) in [6.45, 7) is 0.220. The van der Waals surface area contributed by atoms with Crippen LogP contribution in [0.3, 0.4) is 0 Å². The molecule has 10 heavy (non-hydrogen) atoms. The van der Waals surface area contributed by atoms with Gasteiger partial charge in [0.2, 0.25) is 0 Å². The zero-order chi connectivity index (χ0) is 7.40. The molecule has 0 radical (unpaired) electrons. The second-order valence-corrected chi connectivity index (χ2v) is 2.88. The molecule has 1 atom stereocenters. The molecule has 1 rings (SSSR count). The molecule has 0 fully saturated rings. The molecule has 0 heterocycles. The van der Waals surface area contributed by atoms with Crippen molar-refractivity contribution in [1.29, 1.82) is 0 Å². The van der Waals surface area contributed by atoms with Crippen molar-refractivity contribution >= 4 is 0 Å². The molecule has 3 N–H and O–H groups in total. The SMILES string of the molecule is NC(CCO)C1CC=CC1. The summed E-state index contributed by atoms with van der Waals surface area (Å²) in [5, 5.41) is 8.60. The molecule has 58 valence electrons. The van der Waals surface area contributed by atoms with Crippen molar-refractivity contribution in [3.8, 4) is 0 Å². The molecule has 1 aliphatic rings. The third-order valence-corrected chi connectivity index (χ3v) is 2.11. The van der Waals surface area contributed by atoms with E-state index < -0.39 is 0 Å². The highest BCUT2D eigenvalue weighted by atomic mass is 16.3. The predicted octanol–water partition coefficient (Wildman–Crippen LogP) is 0.662. The zero-order valence-electron chi connectivity index (χ0n) is 6.16. The van der Waals surface area contributed by atoms with Crippen molar-refractivity contribution in [2.45, 2.75) is 25.3 Å². The molecule has 0 spiro atoms. The lowest BCUT2D eigenvalue weighted by molar-refractivity contribution is 0.257. The number of hydrogen-bond donors (Lipinski definition) is 2. The first kappa shape index (κ1) is 7.76. The third kappa shape index (κ3) is 1.82. The topological polar surface area (TPSA) is 46.2 Å². The van der Waals surface area contributed by atoms with Gasteiger partial charge in [-0.15, -0.1) is 0 Å². The van der Waals surface area contributed by atoms with Crippen molar-refractivity contribution in [2.75, 3.05) is 6.61 Å². The Kier molecular flexibility index (Phi) is 2.90. The van der Waals surface area contributed by atoms with E-state index in [1.807, 2.05) is 0 Å². The summed E-state index contributed by atoms with van der Waals surface area (Å²) < 4.78 is 0. The minimum atomic E-state index is 0.194. The molecule has 2 nitrogen and oxygen atoms in total. The van der Waals surface area contributed by atoms with Crippen molar-refractivity contribution < 1.29 is 5.11 Å². The molecule has 0 aromatic carbocycles. The van der Waals surface area contributed by atoms with Crippen LogP contribution in [-0.2, 0) is 0 Å². The van der Waals surface area contributed by atoms with Gasteiger partial charge in [0.15, 0.2) is 0 Å². The van der Waals surface area contributed by atoms with Crippen molar-refractivity contribution in [3.05, 3.63) is 12.2 Å². The van der Waals surface area contributed by atoms with Crippen molar-refractivity contribution in [1.82, 2.24) is 0 Å². The van der Waals surface area contributed by atoms with Gasteiger partial charge in [0.1, 0.15) is 0 Å². The number of aliphatic hydroxyl groups excluding tert-OH is 1. The molecule has 0 saturated carbocycles. The van der Waals surface area contributed by atoms with E-state index in [0.717, 1.165) is 19.3 Å². The normalized spacial score (nSPS) is 21.8. The smallest absolute Gasteiger partial charge is 0.0445 e. The molecule has 0 aliphatic heterocycles. The first-order valence-electron chi connectivity index (χ1n) is 3.86. The lowest BCUT2D eigenvalue weighted by Crippen LogP contribution is -2.29. The van der Waals surface area contributed by atoms with E-state index in [1.165, 1.54) is 0 Å². The van der Waals surface area contributed by atoms with E-state index in [4.69, 9.17) is 10.8 Å². The van der Waals surface area contributed by atoms with Crippen LogP contribution in [0.4, 0.5) is 0 Å². The molecule has 1 aliphatic carbocycles.